The minimum atomic E-state index is 0.256. The van der Waals surface area contributed by atoms with Gasteiger partial charge in [0.2, 0.25) is 0 Å². The van der Waals surface area contributed by atoms with E-state index in [1.807, 2.05) is 0 Å². The average molecular weight is 254 g/mol. The Bertz CT molecular complexity index is 279. The molecule has 0 spiro atoms. The molecule has 0 radical (unpaired) electrons. The van der Waals surface area contributed by atoms with Gasteiger partial charge >= 0.3 is 0 Å². The third kappa shape index (κ3) is 3.44. The molecule has 18 heavy (non-hydrogen) atoms. The molecule has 0 aromatic rings. The Morgan fingerprint density at radius 2 is 1.94 bits per heavy atom. The van der Waals surface area contributed by atoms with Gasteiger partial charge in [-0.2, -0.15) is 0 Å². The Hall–Kier alpha value is -0.160. The van der Waals surface area contributed by atoms with E-state index in [9.17, 15) is 0 Å². The Kier molecular flexibility index (Phi) is 4.32. The Morgan fingerprint density at radius 1 is 1.22 bits per heavy atom. The van der Waals surface area contributed by atoms with Crippen molar-refractivity contribution < 1.29 is 0 Å². The van der Waals surface area contributed by atoms with Gasteiger partial charge in [-0.15, -0.1) is 0 Å². The van der Waals surface area contributed by atoms with Crippen LogP contribution in [0.25, 0.3) is 0 Å². The van der Waals surface area contributed by atoms with Gasteiger partial charge in [0.25, 0.3) is 0 Å². The van der Waals surface area contributed by atoms with E-state index in [1.165, 1.54) is 26.2 Å². The summed E-state index contributed by atoms with van der Waals surface area (Å²) in [6, 6.07) is 1.33. The van der Waals surface area contributed by atoms with Gasteiger partial charge in [0.1, 0.15) is 0 Å². The zero-order valence-electron chi connectivity index (χ0n) is 12.7. The average Bonchev–Trinajstić information content (AvgIpc) is 2.28. The molecular weight excluding hydrogens is 224 g/mol. The number of nitrogens with one attached hydrogen (secondary N) is 1. The highest BCUT2D eigenvalue weighted by Crippen LogP contribution is 2.17. The molecule has 106 valence electrons. The number of piperazine rings is 2. The molecule has 4 nitrogen and oxygen atoms in total. The van der Waals surface area contributed by atoms with E-state index >= 15 is 0 Å². The first-order valence-corrected chi connectivity index (χ1v) is 7.25. The molecule has 2 aliphatic rings. The molecule has 4 heteroatoms. The van der Waals surface area contributed by atoms with E-state index in [1.54, 1.807) is 0 Å². The first-order chi connectivity index (χ1) is 8.37. The van der Waals surface area contributed by atoms with Crippen molar-refractivity contribution in [3.05, 3.63) is 0 Å². The normalized spacial score (nSPS) is 35.8. The van der Waals surface area contributed by atoms with E-state index in [0.29, 0.717) is 12.1 Å². The molecule has 0 aromatic heterocycles. The van der Waals surface area contributed by atoms with Crippen LogP contribution in [-0.2, 0) is 0 Å². The number of rotatable bonds is 2. The van der Waals surface area contributed by atoms with Crippen LogP contribution in [0.2, 0.25) is 0 Å². The van der Waals surface area contributed by atoms with E-state index in [4.69, 9.17) is 0 Å². The Balaban J connectivity index is 1.94. The zero-order chi connectivity index (χ0) is 13.3. The summed E-state index contributed by atoms with van der Waals surface area (Å²) in [6.45, 7) is 14.0. The largest absolute Gasteiger partial charge is 0.309 e. The van der Waals surface area contributed by atoms with Crippen LogP contribution in [0.5, 0.6) is 0 Å². The monoisotopic (exact) mass is 254 g/mol. The van der Waals surface area contributed by atoms with Crippen molar-refractivity contribution in [1.82, 2.24) is 20.0 Å². The van der Waals surface area contributed by atoms with Gasteiger partial charge in [-0.1, -0.05) is 0 Å². The maximum absolute atomic E-state index is 3.63. The molecule has 1 N–H and O–H groups in total. The minimum Gasteiger partial charge on any atom is -0.309 e. The SMILES string of the molecule is CC1CNC(C)(C)CN1CC1CN(C)CCN1C. The van der Waals surface area contributed by atoms with Crippen molar-refractivity contribution >= 4 is 0 Å². The summed E-state index contributed by atoms with van der Waals surface area (Å²) < 4.78 is 0. The van der Waals surface area contributed by atoms with Crippen LogP contribution in [0.1, 0.15) is 20.8 Å². The minimum absolute atomic E-state index is 0.256. The lowest BCUT2D eigenvalue weighted by Gasteiger charge is -2.47. The molecule has 2 unspecified atom stereocenters. The first kappa shape index (κ1) is 14.3. The van der Waals surface area contributed by atoms with Gasteiger partial charge in [-0.25, -0.2) is 0 Å². The quantitative estimate of drug-likeness (QED) is 0.765. The lowest BCUT2D eigenvalue weighted by atomic mass is 9.98. The maximum atomic E-state index is 3.63. The predicted octanol–water partition coefficient (Wildman–Crippen LogP) is 0.305. The summed E-state index contributed by atoms with van der Waals surface area (Å²) in [5.74, 6) is 0. The summed E-state index contributed by atoms with van der Waals surface area (Å²) in [6.07, 6.45) is 0. The third-order valence-corrected chi connectivity index (χ3v) is 4.52. The molecule has 0 amide bonds. The summed E-state index contributed by atoms with van der Waals surface area (Å²) in [5.41, 5.74) is 0.256. The zero-order valence-corrected chi connectivity index (χ0v) is 12.7. The maximum Gasteiger partial charge on any atom is 0.0347 e. The van der Waals surface area contributed by atoms with E-state index < -0.39 is 0 Å². The number of likely N-dealkylation sites (N-methyl/N-ethyl adjacent to an activating group) is 2. The number of nitrogens with zero attached hydrogens (tertiary/aromatic N) is 3. The van der Waals surface area contributed by atoms with Crippen molar-refractivity contribution in [2.24, 2.45) is 0 Å². The molecule has 0 saturated carbocycles. The number of hydrogen-bond acceptors (Lipinski definition) is 4. The van der Waals surface area contributed by atoms with Gasteiger partial charge in [0.15, 0.2) is 0 Å². The Labute approximate surface area is 112 Å². The highest BCUT2D eigenvalue weighted by atomic mass is 15.3. The van der Waals surface area contributed by atoms with E-state index in [-0.39, 0.29) is 5.54 Å². The highest BCUT2D eigenvalue weighted by Gasteiger charge is 2.33. The fourth-order valence-electron chi connectivity index (χ4n) is 3.09. The van der Waals surface area contributed by atoms with Crippen molar-refractivity contribution in [3.8, 4) is 0 Å². The molecule has 2 aliphatic heterocycles. The van der Waals surface area contributed by atoms with Crippen molar-refractivity contribution in [2.45, 2.75) is 38.4 Å². The second-order valence-corrected chi connectivity index (χ2v) is 6.94. The molecule has 2 rings (SSSR count). The first-order valence-electron chi connectivity index (χ1n) is 7.25. The molecule has 2 saturated heterocycles. The van der Waals surface area contributed by atoms with Crippen LogP contribution in [0, 0.1) is 0 Å². The fraction of sp³-hybridized carbons (Fsp3) is 1.00. The lowest BCUT2D eigenvalue weighted by molar-refractivity contribution is 0.0407. The summed E-state index contributed by atoms with van der Waals surface area (Å²) in [7, 11) is 4.51. The van der Waals surface area contributed by atoms with Crippen LogP contribution >= 0.6 is 0 Å². The van der Waals surface area contributed by atoms with Gasteiger partial charge < -0.3 is 10.2 Å². The molecule has 0 aromatic carbocycles. The van der Waals surface area contributed by atoms with Crippen LogP contribution in [0.15, 0.2) is 0 Å². The molecule has 0 bridgehead atoms. The smallest absolute Gasteiger partial charge is 0.0347 e. The number of hydrogen-bond donors (Lipinski definition) is 1. The topological polar surface area (TPSA) is 21.8 Å². The van der Waals surface area contributed by atoms with Crippen LogP contribution in [-0.4, -0.2) is 85.7 Å². The summed E-state index contributed by atoms with van der Waals surface area (Å²) >= 11 is 0. The van der Waals surface area contributed by atoms with Gasteiger partial charge in [0, 0.05) is 56.9 Å². The van der Waals surface area contributed by atoms with Crippen molar-refractivity contribution in [3.63, 3.8) is 0 Å². The lowest BCUT2D eigenvalue weighted by Crippen LogP contribution is -2.64. The van der Waals surface area contributed by atoms with Gasteiger partial charge in [0.05, 0.1) is 0 Å². The molecular formula is C14H30N4. The molecule has 2 fully saturated rings. The molecule has 2 atom stereocenters. The molecule has 2 heterocycles. The fourth-order valence-corrected chi connectivity index (χ4v) is 3.09. The molecule has 0 aliphatic carbocycles. The van der Waals surface area contributed by atoms with E-state index in [0.717, 1.165) is 13.1 Å². The second kappa shape index (κ2) is 5.45. The summed E-state index contributed by atoms with van der Waals surface area (Å²) in [4.78, 5) is 7.65. The van der Waals surface area contributed by atoms with Crippen LogP contribution < -0.4 is 5.32 Å². The van der Waals surface area contributed by atoms with Gasteiger partial charge in [-0.3, -0.25) is 9.80 Å². The van der Waals surface area contributed by atoms with Gasteiger partial charge in [-0.05, 0) is 34.9 Å². The second-order valence-electron chi connectivity index (χ2n) is 6.94. The van der Waals surface area contributed by atoms with Crippen molar-refractivity contribution in [1.29, 1.82) is 0 Å². The Morgan fingerprint density at radius 3 is 2.67 bits per heavy atom. The predicted molar refractivity (Wildman–Crippen MR) is 77.0 cm³/mol. The standard InChI is InChI=1S/C14H30N4/c1-12-8-15-14(2,3)11-18(12)10-13-9-16(4)6-7-17(13)5/h12-13,15H,6-11H2,1-5H3. The summed E-state index contributed by atoms with van der Waals surface area (Å²) in [5, 5.41) is 3.63. The van der Waals surface area contributed by atoms with Crippen LogP contribution in [0.3, 0.4) is 0 Å². The highest BCUT2D eigenvalue weighted by molar-refractivity contribution is 4.93. The van der Waals surface area contributed by atoms with Crippen molar-refractivity contribution in [2.75, 3.05) is 53.4 Å². The van der Waals surface area contributed by atoms with Crippen LogP contribution in [0.4, 0.5) is 0 Å². The van der Waals surface area contributed by atoms with E-state index in [2.05, 4.69) is 54.9 Å². The third-order valence-electron chi connectivity index (χ3n) is 4.52.